The Hall–Kier alpha value is -0.0900. The van der Waals surface area contributed by atoms with Crippen LogP contribution in [0, 0.1) is 5.41 Å². The van der Waals surface area contributed by atoms with E-state index in [2.05, 4.69) is 15.6 Å². The van der Waals surface area contributed by atoms with E-state index in [9.17, 15) is 8.42 Å². The second-order valence-electron chi connectivity index (χ2n) is 6.20. The molecule has 0 atom stereocenters. The van der Waals surface area contributed by atoms with Crippen molar-refractivity contribution in [3.05, 3.63) is 0 Å². The van der Waals surface area contributed by atoms with Gasteiger partial charge in [-0.25, -0.2) is 8.42 Å². The van der Waals surface area contributed by atoms with Crippen molar-refractivity contribution in [3.63, 3.8) is 0 Å². The van der Waals surface area contributed by atoms with Crippen LogP contribution in [0.2, 0.25) is 0 Å². The molecule has 1 aliphatic carbocycles. The zero-order valence-corrected chi connectivity index (χ0v) is 17.7. The van der Waals surface area contributed by atoms with Gasteiger partial charge in [-0.3, -0.25) is 4.99 Å². The fourth-order valence-corrected chi connectivity index (χ4v) is 3.35. The number of ether oxygens (including phenoxy) is 1. The monoisotopic (exact) mass is 461 g/mol. The van der Waals surface area contributed by atoms with E-state index < -0.39 is 9.84 Å². The van der Waals surface area contributed by atoms with Gasteiger partial charge in [0.25, 0.3) is 0 Å². The van der Waals surface area contributed by atoms with Crippen LogP contribution >= 0.6 is 24.0 Å². The number of hydrogen-bond acceptors (Lipinski definition) is 4. The first-order valence-electron chi connectivity index (χ1n) is 8.10. The molecule has 0 amide bonds. The summed E-state index contributed by atoms with van der Waals surface area (Å²) in [5.74, 6) is 0.821. The van der Waals surface area contributed by atoms with E-state index in [1.807, 2.05) is 6.92 Å². The van der Waals surface area contributed by atoms with Crippen LogP contribution < -0.4 is 10.6 Å². The smallest absolute Gasteiger partial charge is 0.191 e. The van der Waals surface area contributed by atoms with Crippen molar-refractivity contribution in [2.45, 2.75) is 39.0 Å². The molecule has 2 N–H and O–H groups in total. The molecular formula is C15H32IN3O3S. The number of rotatable bonds is 9. The van der Waals surface area contributed by atoms with Crippen LogP contribution in [0.15, 0.2) is 4.99 Å². The van der Waals surface area contributed by atoms with Gasteiger partial charge in [-0.05, 0) is 31.6 Å². The Labute approximate surface area is 158 Å². The van der Waals surface area contributed by atoms with Crippen molar-refractivity contribution in [2.75, 3.05) is 45.4 Å². The molecule has 23 heavy (non-hydrogen) atoms. The Balaban J connectivity index is 0.00000484. The number of nitrogens with one attached hydrogen (secondary N) is 2. The van der Waals surface area contributed by atoms with E-state index in [4.69, 9.17) is 4.74 Å². The summed E-state index contributed by atoms with van der Waals surface area (Å²) in [5, 5.41) is 6.28. The third kappa shape index (κ3) is 9.71. The number of hydrogen-bond donors (Lipinski definition) is 2. The fourth-order valence-electron chi connectivity index (χ4n) is 2.87. The summed E-state index contributed by atoms with van der Waals surface area (Å²) in [6, 6.07) is 0. The van der Waals surface area contributed by atoms with Crippen LogP contribution in [0.1, 0.15) is 39.0 Å². The first-order chi connectivity index (χ1) is 10.4. The first kappa shape index (κ1) is 22.9. The summed E-state index contributed by atoms with van der Waals surface area (Å²) in [5.41, 5.74) is 0.245. The van der Waals surface area contributed by atoms with E-state index in [-0.39, 0.29) is 35.1 Å². The molecule has 0 bridgehead atoms. The van der Waals surface area contributed by atoms with Gasteiger partial charge < -0.3 is 15.4 Å². The minimum absolute atomic E-state index is 0. The molecular weight excluding hydrogens is 429 g/mol. The molecule has 8 heteroatoms. The molecule has 0 spiro atoms. The molecule has 0 saturated heterocycles. The van der Waals surface area contributed by atoms with Gasteiger partial charge in [-0.15, -0.1) is 24.0 Å². The molecule has 0 aromatic heterocycles. The van der Waals surface area contributed by atoms with Gasteiger partial charge in [0.1, 0.15) is 9.84 Å². The number of halogens is 1. The number of sulfone groups is 1. The molecule has 0 aliphatic heterocycles. The lowest BCUT2D eigenvalue weighted by Crippen LogP contribution is -2.40. The minimum atomic E-state index is -2.95. The third-order valence-electron chi connectivity index (χ3n) is 4.18. The SMILES string of the molecule is CCNC(=NCC1(CCOC)CCCC1)NCCS(C)(=O)=O.I. The highest BCUT2D eigenvalue weighted by Crippen LogP contribution is 2.41. The molecule has 0 aromatic rings. The van der Waals surface area contributed by atoms with Crippen LogP contribution in [0.3, 0.4) is 0 Å². The highest BCUT2D eigenvalue weighted by Gasteiger charge is 2.33. The van der Waals surface area contributed by atoms with Crippen LogP contribution in [-0.4, -0.2) is 59.7 Å². The summed E-state index contributed by atoms with van der Waals surface area (Å²) in [6.07, 6.45) is 7.20. The summed E-state index contributed by atoms with van der Waals surface area (Å²) < 4.78 is 27.6. The third-order valence-corrected chi connectivity index (χ3v) is 5.13. The zero-order chi connectivity index (χ0) is 16.5. The van der Waals surface area contributed by atoms with Crippen molar-refractivity contribution in [3.8, 4) is 0 Å². The van der Waals surface area contributed by atoms with Crippen molar-refractivity contribution >= 4 is 39.8 Å². The van der Waals surface area contributed by atoms with E-state index in [0.717, 1.165) is 26.1 Å². The Kier molecular flexibility index (Phi) is 11.4. The van der Waals surface area contributed by atoms with Crippen molar-refractivity contribution in [1.29, 1.82) is 0 Å². The number of guanidine groups is 1. The highest BCUT2D eigenvalue weighted by atomic mass is 127. The lowest BCUT2D eigenvalue weighted by molar-refractivity contribution is 0.141. The van der Waals surface area contributed by atoms with Crippen LogP contribution in [-0.2, 0) is 14.6 Å². The topological polar surface area (TPSA) is 79.8 Å². The molecule has 0 unspecified atom stereocenters. The maximum atomic E-state index is 11.2. The Morgan fingerprint density at radius 1 is 1.26 bits per heavy atom. The molecule has 1 aliphatic rings. The van der Waals surface area contributed by atoms with E-state index in [1.54, 1.807) is 7.11 Å². The van der Waals surface area contributed by atoms with E-state index in [0.29, 0.717) is 12.5 Å². The van der Waals surface area contributed by atoms with Gasteiger partial charge in [-0.2, -0.15) is 0 Å². The molecule has 0 aromatic carbocycles. The summed E-state index contributed by atoms with van der Waals surface area (Å²) in [6.45, 7) is 4.69. The van der Waals surface area contributed by atoms with Gasteiger partial charge in [-0.1, -0.05) is 12.8 Å². The van der Waals surface area contributed by atoms with Gasteiger partial charge in [0, 0.05) is 39.6 Å². The van der Waals surface area contributed by atoms with Gasteiger partial charge in [0.2, 0.25) is 0 Å². The summed E-state index contributed by atoms with van der Waals surface area (Å²) in [4.78, 5) is 4.68. The maximum absolute atomic E-state index is 11.2. The predicted molar refractivity (Wildman–Crippen MR) is 107 cm³/mol. The molecule has 1 rings (SSSR count). The average molecular weight is 461 g/mol. The molecule has 0 radical (unpaired) electrons. The Bertz CT molecular complexity index is 449. The second-order valence-corrected chi connectivity index (χ2v) is 8.46. The minimum Gasteiger partial charge on any atom is -0.385 e. The van der Waals surface area contributed by atoms with E-state index >= 15 is 0 Å². The summed E-state index contributed by atoms with van der Waals surface area (Å²) >= 11 is 0. The predicted octanol–water partition coefficient (Wildman–Crippen LogP) is 1.80. The lowest BCUT2D eigenvalue weighted by Gasteiger charge is -2.27. The molecule has 6 nitrogen and oxygen atoms in total. The van der Waals surface area contributed by atoms with Crippen LogP contribution in [0.4, 0.5) is 0 Å². The number of aliphatic imine (C=N–C) groups is 1. The van der Waals surface area contributed by atoms with Crippen LogP contribution in [0.25, 0.3) is 0 Å². The average Bonchev–Trinajstić information content (AvgIpc) is 2.91. The first-order valence-corrected chi connectivity index (χ1v) is 10.2. The largest absolute Gasteiger partial charge is 0.385 e. The maximum Gasteiger partial charge on any atom is 0.191 e. The van der Waals surface area contributed by atoms with Gasteiger partial charge in [0.05, 0.1) is 5.75 Å². The highest BCUT2D eigenvalue weighted by molar-refractivity contribution is 14.0. The quantitative estimate of drug-likeness (QED) is 0.311. The standard InChI is InChI=1S/C15H31N3O3S.HI/c1-4-16-14(17-10-12-22(3,19)20)18-13-15(9-11-21-2)7-5-6-8-15;/h4-13H2,1-3H3,(H2,16,17,18);1H. The fraction of sp³-hybridized carbons (Fsp3) is 0.933. The normalized spacial score (nSPS) is 17.6. The lowest BCUT2D eigenvalue weighted by atomic mass is 9.83. The van der Waals surface area contributed by atoms with Crippen molar-refractivity contribution < 1.29 is 13.2 Å². The van der Waals surface area contributed by atoms with E-state index in [1.165, 1.54) is 31.9 Å². The van der Waals surface area contributed by atoms with Crippen LogP contribution in [0.5, 0.6) is 0 Å². The Morgan fingerprint density at radius 3 is 2.43 bits per heavy atom. The molecule has 1 saturated carbocycles. The van der Waals surface area contributed by atoms with Crippen molar-refractivity contribution in [2.24, 2.45) is 10.4 Å². The zero-order valence-electron chi connectivity index (χ0n) is 14.6. The molecule has 138 valence electrons. The second kappa shape index (κ2) is 11.5. The van der Waals surface area contributed by atoms with Gasteiger partial charge in [0.15, 0.2) is 5.96 Å². The molecule has 1 fully saturated rings. The summed E-state index contributed by atoms with van der Waals surface area (Å²) in [7, 11) is -1.21. The number of methoxy groups -OCH3 is 1. The Morgan fingerprint density at radius 2 is 1.91 bits per heavy atom. The molecule has 0 heterocycles. The van der Waals surface area contributed by atoms with Gasteiger partial charge >= 0.3 is 0 Å². The number of nitrogens with zero attached hydrogens (tertiary/aromatic N) is 1. The van der Waals surface area contributed by atoms with Crippen molar-refractivity contribution in [1.82, 2.24) is 10.6 Å².